The molecule has 1 fully saturated rings. The summed E-state index contributed by atoms with van der Waals surface area (Å²) >= 11 is 4.74. The molecule has 1 N–H and O–H groups in total. The van der Waals surface area contributed by atoms with E-state index in [0.29, 0.717) is 0 Å². The van der Waals surface area contributed by atoms with E-state index in [1.54, 1.807) is 6.92 Å². The molecule has 1 aromatic carbocycles. The predicted molar refractivity (Wildman–Crippen MR) is 81.6 cm³/mol. The third kappa shape index (κ3) is 5.17. The van der Waals surface area contributed by atoms with E-state index in [2.05, 4.69) is 21.2 Å². The van der Waals surface area contributed by atoms with Gasteiger partial charge in [-0.25, -0.2) is 0 Å². The van der Waals surface area contributed by atoms with Gasteiger partial charge in [0.25, 0.3) is 5.91 Å². The van der Waals surface area contributed by atoms with Crippen LogP contribution in [0.2, 0.25) is 0 Å². The smallest absolute Gasteiger partial charge is 0.317 e. The maximum absolute atomic E-state index is 11.7. The minimum absolute atomic E-state index is 0.197. The summed E-state index contributed by atoms with van der Waals surface area (Å²) in [5, 5.41) is 2.81. The zero-order chi connectivity index (χ0) is 14.5. The highest BCUT2D eigenvalue weighted by Gasteiger charge is 2.27. The normalized spacial score (nSPS) is 15.5. The van der Waals surface area contributed by atoms with Crippen LogP contribution in [0, 0.1) is 0 Å². The number of rotatable bonds is 6. The van der Waals surface area contributed by atoms with Gasteiger partial charge in [0.15, 0.2) is 6.10 Å². The van der Waals surface area contributed by atoms with Crippen LogP contribution in [-0.2, 0) is 14.3 Å². The molecule has 0 radical (unpaired) electrons. The van der Waals surface area contributed by atoms with Crippen LogP contribution in [0.4, 0.5) is 0 Å². The number of amides is 1. The van der Waals surface area contributed by atoms with Crippen LogP contribution in [0.5, 0.6) is 0 Å². The van der Waals surface area contributed by atoms with Crippen LogP contribution in [0.15, 0.2) is 33.6 Å². The van der Waals surface area contributed by atoms with E-state index in [0.717, 1.165) is 22.2 Å². The second kappa shape index (κ2) is 7.13. The van der Waals surface area contributed by atoms with Gasteiger partial charge in [0.1, 0.15) is 0 Å². The van der Waals surface area contributed by atoms with Crippen molar-refractivity contribution in [1.82, 2.24) is 5.32 Å². The first-order chi connectivity index (χ1) is 9.54. The Balaban J connectivity index is 1.71. The molecule has 0 bridgehead atoms. The number of esters is 1. The van der Waals surface area contributed by atoms with Gasteiger partial charge in [-0.05, 0) is 44.0 Å². The molecule has 0 heterocycles. The van der Waals surface area contributed by atoms with Crippen molar-refractivity contribution in [3.05, 3.63) is 28.7 Å². The van der Waals surface area contributed by atoms with Gasteiger partial charge in [0, 0.05) is 15.4 Å². The first-order valence-corrected chi connectivity index (χ1v) is 8.20. The average Bonchev–Trinajstić information content (AvgIpc) is 3.22. The number of halogens is 1. The Bertz CT molecular complexity index is 488. The molecular weight excluding hydrogens is 342 g/mol. The zero-order valence-electron chi connectivity index (χ0n) is 11.1. The van der Waals surface area contributed by atoms with Crippen LogP contribution in [0.25, 0.3) is 0 Å². The molecule has 2 rings (SSSR count). The number of ether oxygens (including phenoxy) is 1. The van der Waals surface area contributed by atoms with Crippen molar-refractivity contribution in [3.8, 4) is 0 Å². The molecule has 20 heavy (non-hydrogen) atoms. The number of hydrogen-bond acceptors (Lipinski definition) is 4. The molecule has 0 aromatic heterocycles. The third-order valence-electron chi connectivity index (χ3n) is 2.77. The van der Waals surface area contributed by atoms with Crippen LogP contribution in [0.3, 0.4) is 0 Å². The molecule has 1 aliphatic carbocycles. The van der Waals surface area contributed by atoms with Crippen LogP contribution in [0.1, 0.15) is 19.8 Å². The second-order valence-corrected chi connectivity index (χ2v) is 6.62. The lowest BCUT2D eigenvalue weighted by atomic mass is 10.3. The molecule has 0 saturated heterocycles. The van der Waals surface area contributed by atoms with Gasteiger partial charge in [0.05, 0.1) is 5.75 Å². The quantitative estimate of drug-likeness (QED) is 0.628. The van der Waals surface area contributed by atoms with Crippen molar-refractivity contribution in [2.75, 3.05) is 5.75 Å². The topological polar surface area (TPSA) is 55.4 Å². The van der Waals surface area contributed by atoms with Gasteiger partial charge < -0.3 is 10.1 Å². The third-order valence-corrected chi connectivity index (χ3v) is 4.29. The Morgan fingerprint density at radius 3 is 2.65 bits per heavy atom. The Kier molecular flexibility index (Phi) is 5.48. The summed E-state index contributed by atoms with van der Waals surface area (Å²) in [4.78, 5) is 24.3. The summed E-state index contributed by atoms with van der Waals surface area (Å²) in [6.07, 6.45) is 1.31. The van der Waals surface area contributed by atoms with Crippen LogP contribution in [-0.4, -0.2) is 29.8 Å². The Hall–Kier alpha value is -1.01. The molecule has 1 aliphatic rings. The molecule has 0 aliphatic heterocycles. The van der Waals surface area contributed by atoms with Crippen LogP contribution < -0.4 is 5.32 Å². The van der Waals surface area contributed by atoms with Gasteiger partial charge >= 0.3 is 5.97 Å². The first-order valence-electron chi connectivity index (χ1n) is 6.43. The van der Waals surface area contributed by atoms with Crippen molar-refractivity contribution in [2.24, 2.45) is 0 Å². The number of thioether (sulfide) groups is 1. The van der Waals surface area contributed by atoms with Gasteiger partial charge in [-0.15, -0.1) is 11.8 Å². The second-order valence-electron chi connectivity index (χ2n) is 4.66. The number of carbonyl (C=O) groups is 2. The van der Waals surface area contributed by atoms with E-state index in [4.69, 9.17) is 4.74 Å². The van der Waals surface area contributed by atoms with Gasteiger partial charge in [-0.2, -0.15) is 0 Å². The van der Waals surface area contributed by atoms with E-state index in [1.165, 1.54) is 11.8 Å². The standard InChI is InChI=1S/C14H16BrNO3S/c1-9(14(18)16-11-4-5-11)19-13(17)8-20-12-6-2-10(15)3-7-12/h2-3,6-7,9,11H,4-5,8H2,1H3,(H,16,18)/t9-/m1/s1. The largest absolute Gasteiger partial charge is 0.452 e. The minimum Gasteiger partial charge on any atom is -0.452 e. The van der Waals surface area contributed by atoms with Gasteiger partial charge in [0.2, 0.25) is 0 Å². The Labute approximate surface area is 130 Å². The summed E-state index contributed by atoms with van der Waals surface area (Å²) in [6, 6.07) is 7.95. The Morgan fingerprint density at radius 2 is 2.05 bits per heavy atom. The Morgan fingerprint density at radius 1 is 1.40 bits per heavy atom. The molecular formula is C14H16BrNO3S. The molecule has 0 unspecified atom stereocenters. The summed E-state index contributed by atoms with van der Waals surface area (Å²) in [5.41, 5.74) is 0. The number of carbonyl (C=O) groups excluding carboxylic acids is 2. The van der Waals surface area contributed by atoms with E-state index >= 15 is 0 Å². The van der Waals surface area contributed by atoms with Gasteiger partial charge in [-0.1, -0.05) is 15.9 Å². The molecule has 6 heteroatoms. The summed E-state index contributed by atoms with van der Waals surface area (Å²) in [6.45, 7) is 1.60. The number of hydrogen-bond donors (Lipinski definition) is 1. The van der Waals surface area contributed by atoms with E-state index in [-0.39, 0.29) is 23.7 Å². The highest BCUT2D eigenvalue weighted by molar-refractivity contribution is 9.10. The number of benzene rings is 1. The van der Waals surface area contributed by atoms with Crippen molar-refractivity contribution >= 4 is 39.6 Å². The van der Waals surface area contributed by atoms with Crippen molar-refractivity contribution in [2.45, 2.75) is 36.8 Å². The lowest BCUT2D eigenvalue weighted by molar-refractivity contribution is -0.152. The number of nitrogens with one attached hydrogen (secondary N) is 1. The van der Waals surface area contributed by atoms with Crippen molar-refractivity contribution in [3.63, 3.8) is 0 Å². The fourth-order valence-corrected chi connectivity index (χ4v) is 2.45. The monoisotopic (exact) mass is 357 g/mol. The molecule has 1 aromatic rings. The van der Waals surface area contributed by atoms with Crippen LogP contribution >= 0.6 is 27.7 Å². The van der Waals surface area contributed by atoms with Crippen molar-refractivity contribution < 1.29 is 14.3 Å². The molecule has 1 amide bonds. The molecule has 0 spiro atoms. The molecule has 1 saturated carbocycles. The highest BCUT2D eigenvalue weighted by Crippen LogP contribution is 2.21. The molecule has 4 nitrogen and oxygen atoms in total. The first kappa shape index (κ1) is 15.4. The molecule has 108 valence electrons. The van der Waals surface area contributed by atoms with E-state index < -0.39 is 6.10 Å². The SMILES string of the molecule is C[C@@H](OC(=O)CSc1ccc(Br)cc1)C(=O)NC1CC1. The summed E-state index contributed by atoms with van der Waals surface area (Å²) in [7, 11) is 0. The fraction of sp³-hybridized carbons (Fsp3) is 0.429. The van der Waals surface area contributed by atoms with E-state index in [9.17, 15) is 9.59 Å². The zero-order valence-corrected chi connectivity index (χ0v) is 13.5. The summed E-state index contributed by atoms with van der Waals surface area (Å²) < 4.78 is 6.10. The van der Waals surface area contributed by atoms with Crippen molar-refractivity contribution in [1.29, 1.82) is 0 Å². The maximum atomic E-state index is 11.7. The lowest BCUT2D eigenvalue weighted by Crippen LogP contribution is -2.37. The fourth-order valence-electron chi connectivity index (χ4n) is 1.50. The van der Waals surface area contributed by atoms with E-state index in [1.807, 2.05) is 24.3 Å². The highest BCUT2D eigenvalue weighted by atomic mass is 79.9. The average molecular weight is 358 g/mol. The predicted octanol–water partition coefficient (Wildman–Crippen LogP) is 2.75. The maximum Gasteiger partial charge on any atom is 0.317 e. The lowest BCUT2D eigenvalue weighted by Gasteiger charge is -2.12. The molecule has 1 atom stereocenters. The minimum atomic E-state index is -0.728. The summed E-state index contributed by atoms with van der Waals surface area (Å²) in [5.74, 6) is -0.395. The van der Waals surface area contributed by atoms with Gasteiger partial charge in [-0.3, -0.25) is 9.59 Å².